The molecule has 0 unspecified atom stereocenters. The number of nitrogens with zero attached hydrogens (tertiary/aromatic N) is 4. The zero-order valence-corrected chi connectivity index (χ0v) is 13.2. The van der Waals surface area contributed by atoms with Crippen molar-refractivity contribution in [2.24, 2.45) is 0 Å². The highest BCUT2D eigenvalue weighted by atomic mass is 16.5. The fourth-order valence-corrected chi connectivity index (χ4v) is 2.16. The van der Waals surface area contributed by atoms with Gasteiger partial charge in [-0.2, -0.15) is 15.8 Å². The van der Waals surface area contributed by atoms with E-state index in [1.165, 1.54) is 0 Å². The van der Waals surface area contributed by atoms with E-state index in [1.54, 1.807) is 14.2 Å². The maximum absolute atomic E-state index is 9.52. The van der Waals surface area contributed by atoms with Gasteiger partial charge in [0, 0.05) is 19.8 Å². The molecular formula is C15H19N6O2+. The largest absolute Gasteiger partial charge is 0.381 e. The highest BCUT2D eigenvalue weighted by Crippen LogP contribution is 2.24. The summed E-state index contributed by atoms with van der Waals surface area (Å²) in [6.07, 6.45) is -0.0694. The van der Waals surface area contributed by atoms with Gasteiger partial charge in [0.15, 0.2) is 0 Å². The van der Waals surface area contributed by atoms with Gasteiger partial charge in [-0.1, -0.05) is 0 Å². The average Bonchev–Trinajstić information content (AvgIpc) is 2.55. The molecule has 3 N–H and O–H groups in total. The molecule has 1 aromatic heterocycles. The van der Waals surface area contributed by atoms with Crippen molar-refractivity contribution < 1.29 is 14.5 Å². The van der Waals surface area contributed by atoms with Crippen LogP contribution in [0.25, 0.3) is 0 Å². The quantitative estimate of drug-likeness (QED) is 0.713. The number of nitrogen functional groups attached to an aromatic ring is 1. The lowest BCUT2D eigenvalue weighted by molar-refractivity contribution is -0.347. The average molecular weight is 315 g/mol. The van der Waals surface area contributed by atoms with E-state index >= 15 is 0 Å². The Morgan fingerprint density at radius 3 is 2.04 bits per heavy atom. The Bertz CT molecular complexity index is 661. The van der Waals surface area contributed by atoms with E-state index in [0.717, 1.165) is 0 Å². The van der Waals surface area contributed by atoms with Gasteiger partial charge < -0.3 is 15.2 Å². The van der Waals surface area contributed by atoms with Gasteiger partial charge in [-0.3, -0.25) is 4.90 Å². The van der Waals surface area contributed by atoms with Gasteiger partial charge in [0.25, 0.3) is 0 Å². The van der Waals surface area contributed by atoms with Crippen molar-refractivity contribution in [1.29, 1.82) is 15.8 Å². The number of anilines is 2. The second-order valence-electron chi connectivity index (χ2n) is 4.65. The third-order valence-corrected chi connectivity index (χ3v) is 3.29. The Morgan fingerprint density at radius 2 is 1.61 bits per heavy atom. The number of hydrogen-bond acceptors (Lipinski definition) is 7. The highest BCUT2D eigenvalue weighted by Gasteiger charge is 2.26. The molecule has 8 heteroatoms. The van der Waals surface area contributed by atoms with Crippen LogP contribution in [-0.4, -0.2) is 40.5 Å². The van der Waals surface area contributed by atoms with Gasteiger partial charge in [-0.25, -0.2) is 4.98 Å². The molecule has 0 aliphatic rings. The van der Waals surface area contributed by atoms with Crippen molar-refractivity contribution in [3.05, 3.63) is 16.7 Å². The lowest BCUT2D eigenvalue weighted by Gasteiger charge is -2.21. The first kappa shape index (κ1) is 18.2. The van der Waals surface area contributed by atoms with Gasteiger partial charge in [0.05, 0.1) is 38.8 Å². The molecule has 1 rings (SSSR count). The number of H-pyrrole nitrogens is 1. The smallest absolute Gasteiger partial charge is 0.240 e. The van der Waals surface area contributed by atoms with Crippen molar-refractivity contribution in [3.63, 3.8) is 0 Å². The molecule has 0 radical (unpaired) electrons. The van der Waals surface area contributed by atoms with E-state index in [9.17, 15) is 10.5 Å². The topological polar surface area (TPSA) is 133 Å². The summed E-state index contributed by atoms with van der Waals surface area (Å²) in [6.45, 7) is 1.89. The van der Waals surface area contributed by atoms with Gasteiger partial charge in [-0.05, 0) is 0 Å². The standard InChI is InChI=1S/C15H18N6O2/c1-22-7-5-21(6-8-23-2)15-13(10-18)11(3-4-16)12(9-17)14(19)20-15/h3,5-8H2,1-2H3,(H2,19,20)/p+1. The summed E-state index contributed by atoms with van der Waals surface area (Å²) in [5.74, 6) is 0.593. The van der Waals surface area contributed by atoms with Crippen LogP contribution < -0.4 is 15.6 Å². The Kier molecular flexibility index (Phi) is 7.29. The van der Waals surface area contributed by atoms with Crippen molar-refractivity contribution >= 4 is 11.6 Å². The van der Waals surface area contributed by atoms with Crippen LogP contribution >= 0.6 is 0 Å². The highest BCUT2D eigenvalue weighted by molar-refractivity contribution is 5.64. The summed E-state index contributed by atoms with van der Waals surface area (Å²) < 4.78 is 10.2. The maximum Gasteiger partial charge on any atom is 0.240 e. The molecule has 0 aromatic carbocycles. The van der Waals surface area contributed by atoms with E-state index in [2.05, 4.69) is 11.1 Å². The number of ether oxygens (including phenoxy) is 2. The zero-order chi connectivity index (χ0) is 17.2. The molecular weight excluding hydrogens is 296 g/mol. The molecule has 0 amide bonds. The minimum absolute atomic E-state index is 0.0694. The van der Waals surface area contributed by atoms with Crippen LogP contribution in [0.3, 0.4) is 0 Å². The predicted molar refractivity (Wildman–Crippen MR) is 82.1 cm³/mol. The number of nitrogens with one attached hydrogen (secondary N) is 1. The van der Waals surface area contributed by atoms with Crippen LogP contribution in [0.1, 0.15) is 16.7 Å². The van der Waals surface area contributed by atoms with E-state index in [1.807, 2.05) is 17.0 Å². The molecule has 0 saturated heterocycles. The summed E-state index contributed by atoms with van der Waals surface area (Å²) in [6, 6.07) is 6.00. The number of hydrogen-bond donors (Lipinski definition) is 1. The molecule has 0 spiro atoms. The van der Waals surface area contributed by atoms with E-state index < -0.39 is 0 Å². The zero-order valence-electron chi connectivity index (χ0n) is 13.2. The van der Waals surface area contributed by atoms with Crippen LogP contribution in [0.5, 0.6) is 0 Å². The second-order valence-corrected chi connectivity index (χ2v) is 4.65. The van der Waals surface area contributed by atoms with Crippen molar-refractivity contribution in [1.82, 2.24) is 0 Å². The monoisotopic (exact) mass is 315 g/mol. The van der Waals surface area contributed by atoms with Crippen molar-refractivity contribution in [2.75, 3.05) is 51.2 Å². The van der Waals surface area contributed by atoms with Crippen LogP contribution in [0.2, 0.25) is 0 Å². The molecule has 23 heavy (non-hydrogen) atoms. The Balaban J connectivity index is 3.45. The maximum atomic E-state index is 9.52. The Morgan fingerprint density at radius 1 is 1.04 bits per heavy atom. The Hall–Kier alpha value is -2.86. The third kappa shape index (κ3) is 4.31. The number of nitriles is 3. The van der Waals surface area contributed by atoms with Crippen LogP contribution in [0, 0.1) is 34.0 Å². The summed E-state index contributed by atoms with van der Waals surface area (Å²) in [4.78, 5) is 4.75. The summed E-state index contributed by atoms with van der Waals surface area (Å²) >= 11 is 0. The van der Waals surface area contributed by atoms with Gasteiger partial charge in [-0.15, -0.1) is 0 Å². The molecule has 0 saturated carbocycles. The lowest BCUT2D eigenvalue weighted by atomic mass is 10.0. The normalized spacial score (nSPS) is 9.70. The van der Waals surface area contributed by atoms with Gasteiger partial charge in [0.2, 0.25) is 11.6 Å². The van der Waals surface area contributed by atoms with Crippen LogP contribution in [-0.2, 0) is 15.9 Å². The third-order valence-electron chi connectivity index (χ3n) is 3.29. The molecule has 0 aliphatic carbocycles. The van der Waals surface area contributed by atoms with E-state index in [0.29, 0.717) is 37.7 Å². The molecule has 1 aromatic rings. The molecule has 1 heterocycles. The lowest BCUT2D eigenvalue weighted by Crippen LogP contribution is -2.37. The van der Waals surface area contributed by atoms with Crippen LogP contribution in [0.15, 0.2) is 0 Å². The molecule has 120 valence electrons. The Labute approximate surface area is 135 Å². The number of nitrogens with two attached hydrogens (primary N) is 1. The van der Waals surface area contributed by atoms with E-state index in [-0.39, 0.29) is 23.4 Å². The first-order valence-electron chi connectivity index (χ1n) is 6.92. The minimum atomic E-state index is -0.0694. The second kappa shape index (κ2) is 9.22. The first-order valence-corrected chi connectivity index (χ1v) is 6.92. The van der Waals surface area contributed by atoms with Gasteiger partial charge >= 0.3 is 0 Å². The SMILES string of the molecule is COCCN(CCOC)c1[nH+]c(N)c(C#N)c(CC#N)c1C#N. The van der Waals surface area contributed by atoms with Crippen LogP contribution in [0.4, 0.5) is 11.6 Å². The fraction of sp³-hybridized carbons (Fsp3) is 0.467. The predicted octanol–water partition coefficient (Wildman–Crippen LogP) is -0.00846. The molecule has 8 nitrogen and oxygen atoms in total. The van der Waals surface area contributed by atoms with E-state index in [4.69, 9.17) is 20.5 Å². The fourth-order valence-electron chi connectivity index (χ4n) is 2.16. The summed E-state index contributed by atoms with van der Waals surface area (Å²) in [5, 5.41) is 27.7. The molecule has 0 bridgehead atoms. The molecule has 0 fully saturated rings. The minimum Gasteiger partial charge on any atom is -0.381 e. The molecule has 0 atom stereocenters. The number of aromatic nitrogens is 1. The summed E-state index contributed by atoms with van der Waals surface area (Å²) in [5.41, 5.74) is 6.60. The van der Waals surface area contributed by atoms with Gasteiger partial charge in [0.1, 0.15) is 23.3 Å². The summed E-state index contributed by atoms with van der Waals surface area (Å²) in [7, 11) is 3.16. The van der Waals surface area contributed by atoms with Crippen molar-refractivity contribution in [2.45, 2.75) is 6.42 Å². The number of pyridine rings is 1. The van der Waals surface area contributed by atoms with Crippen molar-refractivity contribution in [3.8, 4) is 18.2 Å². The number of methoxy groups -OCH3 is 2. The molecule has 0 aliphatic heterocycles. The number of rotatable bonds is 8. The first-order chi connectivity index (χ1) is 11.1. The number of aromatic amines is 1.